The molecule has 0 fully saturated rings. The number of sulfonamides is 1. The van der Waals surface area contributed by atoms with E-state index in [1.807, 2.05) is 18.2 Å². The molecule has 6 heteroatoms. The smallest absolute Gasteiger partial charge is 0.277 e. The van der Waals surface area contributed by atoms with Crippen LogP contribution < -0.4 is 14.6 Å². The van der Waals surface area contributed by atoms with Gasteiger partial charge in [-0.3, -0.25) is 0 Å². The average Bonchev–Trinajstić information content (AvgIpc) is 2.92. The van der Waals surface area contributed by atoms with Gasteiger partial charge < -0.3 is 4.74 Å². The van der Waals surface area contributed by atoms with Gasteiger partial charge in [-0.2, -0.15) is 12.8 Å². The molecule has 0 amide bonds. The Hall–Kier alpha value is -2.05. The monoisotopic (exact) mass is 290 g/mol. The SMILES string of the molecule is COc1ccc(S(=O)(=O)N2NCc3ccccc32)cc1. The van der Waals surface area contributed by atoms with Gasteiger partial charge in [0, 0.05) is 6.54 Å². The van der Waals surface area contributed by atoms with Crippen molar-refractivity contribution in [2.24, 2.45) is 0 Å². The molecule has 104 valence electrons. The van der Waals surface area contributed by atoms with Gasteiger partial charge in [0.05, 0.1) is 17.7 Å². The Morgan fingerprint density at radius 1 is 1.10 bits per heavy atom. The molecule has 1 heterocycles. The summed E-state index contributed by atoms with van der Waals surface area (Å²) in [6.07, 6.45) is 0. The molecule has 3 rings (SSSR count). The zero-order valence-corrected chi connectivity index (χ0v) is 11.7. The fraction of sp³-hybridized carbons (Fsp3) is 0.143. The molecule has 1 aliphatic heterocycles. The van der Waals surface area contributed by atoms with E-state index < -0.39 is 10.0 Å². The van der Waals surface area contributed by atoms with Crippen LogP contribution in [0.4, 0.5) is 5.69 Å². The maximum absolute atomic E-state index is 12.6. The van der Waals surface area contributed by atoms with Crippen LogP contribution in [-0.2, 0) is 16.6 Å². The number of nitrogens with one attached hydrogen (secondary N) is 1. The van der Waals surface area contributed by atoms with Crippen LogP contribution in [-0.4, -0.2) is 15.5 Å². The van der Waals surface area contributed by atoms with Crippen LogP contribution in [0, 0.1) is 0 Å². The largest absolute Gasteiger partial charge is 0.497 e. The van der Waals surface area contributed by atoms with Crippen LogP contribution in [0.5, 0.6) is 5.75 Å². The number of ether oxygens (including phenoxy) is 1. The van der Waals surface area contributed by atoms with Crippen molar-refractivity contribution < 1.29 is 13.2 Å². The lowest BCUT2D eigenvalue weighted by atomic mass is 10.2. The van der Waals surface area contributed by atoms with Gasteiger partial charge in [-0.25, -0.2) is 5.43 Å². The van der Waals surface area contributed by atoms with E-state index in [4.69, 9.17) is 4.74 Å². The number of benzene rings is 2. The van der Waals surface area contributed by atoms with Crippen molar-refractivity contribution >= 4 is 15.7 Å². The van der Waals surface area contributed by atoms with E-state index in [1.54, 1.807) is 25.3 Å². The van der Waals surface area contributed by atoms with Crippen LogP contribution in [0.3, 0.4) is 0 Å². The van der Waals surface area contributed by atoms with E-state index in [2.05, 4.69) is 5.43 Å². The number of rotatable bonds is 3. The molecule has 0 radical (unpaired) electrons. The Morgan fingerprint density at radius 2 is 1.80 bits per heavy atom. The number of hydrazine groups is 1. The molecular formula is C14H14N2O3S. The van der Waals surface area contributed by atoms with E-state index in [9.17, 15) is 8.42 Å². The van der Waals surface area contributed by atoms with Crippen molar-refractivity contribution in [2.45, 2.75) is 11.4 Å². The summed E-state index contributed by atoms with van der Waals surface area (Å²) in [4.78, 5) is 0.225. The Morgan fingerprint density at radius 3 is 2.50 bits per heavy atom. The number of fused-ring (bicyclic) bond motifs is 1. The molecule has 2 aromatic rings. The Bertz CT molecular complexity index is 726. The Balaban J connectivity index is 2.00. The van der Waals surface area contributed by atoms with Crippen molar-refractivity contribution in [3.05, 3.63) is 54.1 Å². The predicted octanol–water partition coefficient (Wildman–Crippen LogP) is 1.91. The van der Waals surface area contributed by atoms with Crippen molar-refractivity contribution in [3.63, 3.8) is 0 Å². The third-order valence-electron chi connectivity index (χ3n) is 3.22. The lowest BCUT2D eigenvalue weighted by Crippen LogP contribution is -2.38. The van der Waals surface area contributed by atoms with E-state index >= 15 is 0 Å². The van der Waals surface area contributed by atoms with E-state index in [0.29, 0.717) is 18.0 Å². The third kappa shape index (κ3) is 2.03. The second kappa shape index (κ2) is 4.81. The zero-order valence-electron chi connectivity index (χ0n) is 10.9. The summed E-state index contributed by atoms with van der Waals surface area (Å²) in [5.74, 6) is 0.624. The second-order valence-corrected chi connectivity index (χ2v) is 6.20. The highest BCUT2D eigenvalue weighted by atomic mass is 32.2. The summed E-state index contributed by atoms with van der Waals surface area (Å²) < 4.78 is 31.5. The molecule has 0 atom stereocenters. The van der Waals surface area contributed by atoms with Crippen LogP contribution in [0.25, 0.3) is 0 Å². The van der Waals surface area contributed by atoms with Gasteiger partial charge in [-0.1, -0.05) is 18.2 Å². The van der Waals surface area contributed by atoms with Crippen molar-refractivity contribution in [1.29, 1.82) is 0 Å². The van der Waals surface area contributed by atoms with Crippen LogP contribution >= 0.6 is 0 Å². The first-order valence-electron chi connectivity index (χ1n) is 6.14. The molecule has 0 saturated carbocycles. The highest BCUT2D eigenvalue weighted by molar-refractivity contribution is 7.92. The molecule has 0 unspecified atom stereocenters. The van der Waals surface area contributed by atoms with Gasteiger partial charge in [-0.15, -0.1) is 0 Å². The fourth-order valence-corrected chi connectivity index (χ4v) is 3.53. The molecule has 1 aliphatic rings. The molecule has 20 heavy (non-hydrogen) atoms. The number of hydrogen-bond donors (Lipinski definition) is 1. The van der Waals surface area contributed by atoms with Gasteiger partial charge in [0.25, 0.3) is 10.0 Å². The van der Waals surface area contributed by atoms with E-state index in [-0.39, 0.29) is 4.90 Å². The van der Waals surface area contributed by atoms with Gasteiger partial charge in [-0.05, 0) is 35.9 Å². The average molecular weight is 290 g/mol. The highest BCUT2D eigenvalue weighted by Crippen LogP contribution is 2.30. The van der Waals surface area contributed by atoms with Crippen LogP contribution in [0.2, 0.25) is 0 Å². The standard InChI is InChI=1S/C14H14N2O3S/c1-19-12-6-8-13(9-7-12)20(17,18)16-14-5-3-2-4-11(14)10-15-16/h2-9,15H,10H2,1H3. The molecule has 0 saturated heterocycles. The van der Waals surface area contributed by atoms with Crippen molar-refractivity contribution in [2.75, 3.05) is 11.5 Å². The molecule has 0 aliphatic carbocycles. The topological polar surface area (TPSA) is 58.6 Å². The molecule has 0 spiro atoms. The van der Waals surface area contributed by atoms with Crippen molar-refractivity contribution in [3.8, 4) is 5.75 Å². The lowest BCUT2D eigenvalue weighted by Gasteiger charge is -2.19. The second-order valence-electron chi connectivity index (χ2n) is 4.41. The lowest BCUT2D eigenvalue weighted by molar-refractivity contribution is 0.414. The minimum atomic E-state index is -3.61. The summed E-state index contributed by atoms with van der Waals surface area (Å²) >= 11 is 0. The number of methoxy groups -OCH3 is 1. The molecule has 1 N–H and O–H groups in total. The van der Waals surface area contributed by atoms with E-state index in [1.165, 1.54) is 16.5 Å². The first-order valence-corrected chi connectivity index (χ1v) is 7.58. The van der Waals surface area contributed by atoms with E-state index in [0.717, 1.165) is 5.56 Å². The molecule has 2 aromatic carbocycles. The summed E-state index contributed by atoms with van der Waals surface area (Å²) in [7, 11) is -2.07. The third-order valence-corrected chi connectivity index (χ3v) is 4.90. The molecule has 5 nitrogen and oxygen atoms in total. The van der Waals surface area contributed by atoms with Crippen LogP contribution in [0.15, 0.2) is 53.4 Å². The quantitative estimate of drug-likeness (QED) is 0.938. The maximum atomic E-state index is 12.6. The summed E-state index contributed by atoms with van der Waals surface area (Å²) in [6, 6.07) is 13.8. The minimum absolute atomic E-state index is 0.225. The van der Waals surface area contributed by atoms with Gasteiger partial charge in [0.15, 0.2) is 0 Å². The number of hydrogen-bond acceptors (Lipinski definition) is 4. The number of para-hydroxylation sites is 1. The molecule has 0 aromatic heterocycles. The summed E-state index contributed by atoms with van der Waals surface area (Å²) in [6.45, 7) is 0.506. The number of anilines is 1. The maximum Gasteiger partial charge on any atom is 0.277 e. The van der Waals surface area contributed by atoms with Gasteiger partial charge in [0.1, 0.15) is 5.75 Å². The first kappa shape index (κ1) is 13.0. The normalized spacial score (nSPS) is 14.2. The molecular weight excluding hydrogens is 276 g/mol. The fourth-order valence-electron chi connectivity index (χ4n) is 2.17. The Labute approximate surface area is 117 Å². The van der Waals surface area contributed by atoms with Crippen LogP contribution in [0.1, 0.15) is 5.56 Å². The van der Waals surface area contributed by atoms with Gasteiger partial charge >= 0.3 is 0 Å². The summed E-state index contributed by atoms with van der Waals surface area (Å²) in [5, 5.41) is 0. The van der Waals surface area contributed by atoms with Crippen molar-refractivity contribution in [1.82, 2.24) is 5.43 Å². The highest BCUT2D eigenvalue weighted by Gasteiger charge is 2.30. The minimum Gasteiger partial charge on any atom is -0.497 e. The molecule has 0 bridgehead atoms. The summed E-state index contributed by atoms with van der Waals surface area (Å²) in [5.41, 5.74) is 4.54. The first-order chi connectivity index (χ1) is 9.63. The number of nitrogens with zero attached hydrogens (tertiary/aromatic N) is 1. The Kier molecular flexibility index (Phi) is 3.11. The zero-order chi connectivity index (χ0) is 14.2. The van der Waals surface area contributed by atoms with Gasteiger partial charge in [0.2, 0.25) is 0 Å². The predicted molar refractivity (Wildman–Crippen MR) is 75.9 cm³/mol.